The highest BCUT2D eigenvalue weighted by atomic mass is 16.5. The van der Waals surface area contributed by atoms with Crippen LogP contribution in [0.5, 0.6) is 0 Å². The fraction of sp³-hybridized carbons (Fsp3) is 0.500. The molecule has 2 aliphatic rings. The smallest absolute Gasteiger partial charge is 0.251 e. The van der Waals surface area contributed by atoms with Gasteiger partial charge in [-0.25, -0.2) is 0 Å². The molecular weight excluding hydrogens is 418 g/mol. The first-order chi connectivity index (χ1) is 15.9. The molecule has 2 aromatic carbocycles. The Hall–Kier alpha value is -2.93. The Labute approximate surface area is 195 Å². The molecule has 0 bridgehead atoms. The average Bonchev–Trinajstić information content (AvgIpc) is 3.37. The number of amides is 3. The largest absolute Gasteiger partial charge is 0.368 e. The normalized spacial score (nSPS) is 19.7. The fourth-order valence-corrected chi connectivity index (χ4v) is 4.68. The van der Waals surface area contributed by atoms with Gasteiger partial charge in [-0.05, 0) is 35.1 Å². The predicted octanol–water partition coefficient (Wildman–Crippen LogP) is 2.37. The van der Waals surface area contributed by atoms with Gasteiger partial charge in [0, 0.05) is 32.8 Å². The number of piperazine rings is 1. The van der Waals surface area contributed by atoms with Crippen molar-refractivity contribution in [3.05, 3.63) is 48.0 Å². The molecule has 7 heteroatoms. The van der Waals surface area contributed by atoms with Gasteiger partial charge in [-0.15, -0.1) is 0 Å². The highest BCUT2D eigenvalue weighted by Gasteiger charge is 2.34. The first-order valence-corrected chi connectivity index (χ1v) is 11.9. The number of hydrogen-bond acceptors (Lipinski definition) is 4. The summed E-state index contributed by atoms with van der Waals surface area (Å²) in [6.07, 6.45) is 1.59. The molecule has 176 valence electrons. The first kappa shape index (κ1) is 23.2. The molecule has 0 radical (unpaired) electrons. The van der Waals surface area contributed by atoms with Crippen LogP contribution in [0.3, 0.4) is 0 Å². The predicted molar refractivity (Wildman–Crippen MR) is 127 cm³/mol. The number of fused-ring (bicyclic) bond motifs is 1. The number of nitrogens with zero attached hydrogens (tertiary/aromatic N) is 2. The van der Waals surface area contributed by atoms with Gasteiger partial charge in [0.05, 0.1) is 6.42 Å². The third kappa shape index (κ3) is 5.36. The van der Waals surface area contributed by atoms with Crippen molar-refractivity contribution in [2.45, 2.75) is 45.3 Å². The van der Waals surface area contributed by atoms with Gasteiger partial charge in [0.25, 0.3) is 5.91 Å². The Morgan fingerprint density at radius 1 is 1.00 bits per heavy atom. The minimum atomic E-state index is -0.590. The third-order valence-electron chi connectivity index (χ3n) is 6.59. The van der Waals surface area contributed by atoms with Gasteiger partial charge in [0.1, 0.15) is 12.1 Å². The summed E-state index contributed by atoms with van der Waals surface area (Å²) in [6.45, 7) is 6.47. The van der Waals surface area contributed by atoms with Gasteiger partial charge in [0.15, 0.2) is 0 Å². The molecule has 2 fully saturated rings. The molecule has 0 aliphatic carbocycles. The molecule has 0 unspecified atom stereocenters. The monoisotopic (exact) mass is 451 g/mol. The molecule has 33 heavy (non-hydrogen) atoms. The zero-order chi connectivity index (χ0) is 23.4. The quantitative estimate of drug-likeness (QED) is 0.732. The van der Waals surface area contributed by atoms with Crippen molar-refractivity contribution < 1.29 is 19.1 Å². The number of carbonyl (C=O) groups is 3. The number of carbonyl (C=O) groups excluding carboxylic acids is 3. The average molecular weight is 452 g/mol. The van der Waals surface area contributed by atoms with Crippen molar-refractivity contribution in [3.8, 4) is 0 Å². The lowest BCUT2D eigenvalue weighted by Gasteiger charge is -2.38. The first-order valence-electron chi connectivity index (χ1n) is 11.9. The van der Waals surface area contributed by atoms with Crippen molar-refractivity contribution in [1.29, 1.82) is 0 Å². The number of ether oxygens (including phenoxy) is 1. The molecule has 0 spiro atoms. The van der Waals surface area contributed by atoms with Gasteiger partial charge in [-0.1, -0.05) is 56.3 Å². The third-order valence-corrected chi connectivity index (χ3v) is 6.59. The van der Waals surface area contributed by atoms with E-state index >= 15 is 0 Å². The van der Waals surface area contributed by atoms with E-state index in [2.05, 4.69) is 5.32 Å². The van der Waals surface area contributed by atoms with E-state index in [1.54, 1.807) is 9.80 Å². The molecule has 0 saturated carbocycles. The molecule has 2 aromatic rings. The number of hydrogen-bond donors (Lipinski definition) is 1. The second-order valence-electron chi connectivity index (χ2n) is 9.26. The van der Waals surface area contributed by atoms with Crippen LogP contribution in [0.4, 0.5) is 0 Å². The molecule has 7 nitrogen and oxygen atoms in total. The fourth-order valence-electron chi connectivity index (χ4n) is 4.68. The summed E-state index contributed by atoms with van der Waals surface area (Å²) in [5.74, 6) is -0.255. The minimum absolute atomic E-state index is 0.0309. The maximum atomic E-state index is 13.3. The van der Waals surface area contributed by atoms with Crippen LogP contribution in [-0.2, 0) is 25.5 Å². The summed E-state index contributed by atoms with van der Waals surface area (Å²) in [5, 5.41) is 5.12. The summed E-state index contributed by atoms with van der Waals surface area (Å²) in [6, 6.07) is 13.3. The summed E-state index contributed by atoms with van der Waals surface area (Å²) in [7, 11) is 0. The van der Waals surface area contributed by atoms with Crippen LogP contribution < -0.4 is 5.32 Å². The van der Waals surface area contributed by atoms with Crippen molar-refractivity contribution in [3.63, 3.8) is 0 Å². The van der Waals surface area contributed by atoms with E-state index in [9.17, 15) is 14.4 Å². The van der Waals surface area contributed by atoms with Crippen LogP contribution in [0.25, 0.3) is 10.8 Å². The lowest BCUT2D eigenvalue weighted by atomic mass is 9.99. The molecule has 3 amide bonds. The Bertz CT molecular complexity index is 1000. The second kappa shape index (κ2) is 10.3. The van der Waals surface area contributed by atoms with E-state index in [-0.39, 0.29) is 36.2 Å². The lowest BCUT2D eigenvalue weighted by Crippen LogP contribution is -2.58. The zero-order valence-electron chi connectivity index (χ0n) is 19.5. The van der Waals surface area contributed by atoms with E-state index in [0.29, 0.717) is 32.8 Å². The van der Waals surface area contributed by atoms with E-state index in [1.807, 2.05) is 56.3 Å². The molecular formula is C26H33N3O4. The summed E-state index contributed by atoms with van der Waals surface area (Å²) >= 11 is 0. The zero-order valence-corrected chi connectivity index (χ0v) is 19.5. The van der Waals surface area contributed by atoms with Crippen molar-refractivity contribution in [2.24, 2.45) is 5.92 Å². The highest BCUT2D eigenvalue weighted by molar-refractivity contribution is 5.92. The van der Waals surface area contributed by atoms with Crippen molar-refractivity contribution >= 4 is 28.5 Å². The standard InChI is InChI=1S/C26H33N3O4/c1-18(2)24(27-23(30)17-20-9-5-8-19-7-3-4-10-21(19)20)26(32)29-14-12-28(13-15-29)25(31)22-11-6-16-33-22/h3-5,7-10,18,22,24H,6,11-17H2,1-2H3,(H,27,30)/t22-,24-/m0/s1. The Morgan fingerprint density at radius 2 is 1.70 bits per heavy atom. The molecule has 4 rings (SSSR count). The van der Waals surface area contributed by atoms with E-state index < -0.39 is 6.04 Å². The summed E-state index contributed by atoms with van der Waals surface area (Å²) in [4.78, 5) is 42.3. The summed E-state index contributed by atoms with van der Waals surface area (Å²) in [5.41, 5.74) is 0.946. The Morgan fingerprint density at radius 3 is 2.39 bits per heavy atom. The second-order valence-corrected chi connectivity index (χ2v) is 9.26. The van der Waals surface area contributed by atoms with E-state index in [0.717, 1.165) is 29.2 Å². The van der Waals surface area contributed by atoms with Gasteiger partial charge < -0.3 is 19.9 Å². The molecule has 2 atom stereocenters. The number of benzene rings is 2. The maximum absolute atomic E-state index is 13.3. The van der Waals surface area contributed by atoms with Crippen LogP contribution in [0.15, 0.2) is 42.5 Å². The maximum Gasteiger partial charge on any atom is 0.251 e. The number of rotatable bonds is 6. The van der Waals surface area contributed by atoms with Crippen LogP contribution in [-0.4, -0.2) is 72.5 Å². The van der Waals surface area contributed by atoms with Crippen LogP contribution in [0.1, 0.15) is 32.3 Å². The van der Waals surface area contributed by atoms with Crippen LogP contribution in [0, 0.1) is 5.92 Å². The summed E-state index contributed by atoms with van der Waals surface area (Å²) < 4.78 is 5.51. The van der Waals surface area contributed by atoms with Crippen molar-refractivity contribution in [2.75, 3.05) is 32.8 Å². The number of nitrogens with one attached hydrogen (secondary N) is 1. The molecule has 2 saturated heterocycles. The van der Waals surface area contributed by atoms with Crippen LogP contribution in [0.2, 0.25) is 0 Å². The molecule has 1 N–H and O–H groups in total. The van der Waals surface area contributed by atoms with Gasteiger partial charge >= 0.3 is 0 Å². The molecule has 2 heterocycles. The topological polar surface area (TPSA) is 79.0 Å². The van der Waals surface area contributed by atoms with Crippen LogP contribution >= 0.6 is 0 Å². The van der Waals surface area contributed by atoms with Gasteiger partial charge in [-0.2, -0.15) is 0 Å². The minimum Gasteiger partial charge on any atom is -0.368 e. The Kier molecular flexibility index (Phi) is 7.28. The molecule has 2 aliphatic heterocycles. The molecule has 0 aromatic heterocycles. The SMILES string of the molecule is CC(C)[C@H](NC(=O)Cc1cccc2ccccc12)C(=O)N1CCN(C(=O)[C@@H]2CCCO2)CC1. The van der Waals surface area contributed by atoms with E-state index in [1.165, 1.54) is 0 Å². The van der Waals surface area contributed by atoms with E-state index in [4.69, 9.17) is 4.74 Å². The highest BCUT2D eigenvalue weighted by Crippen LogP contribution is 2.20. The van der Waals surface area contributed by atoms with Gasteiger partial charge in [-0.3, -0.25) is 14.4 Å². The van der Waals surface area contributed by atoms with Crippen molar-refractivity contribution in [1.82, 2.24) is 15.1 Å². The van der Waals surface area contributed by atoms with Gasteiger partial charge in [0.2, 0.25) is 11.8 Å². The lowest BCUT2D eigenvalue weighted by molar-refractivity contribution is -0.147. The Balaban J connectivity index is 1.35.